The van der Waals surface area contributed by atoms with Crippen molar-refractivity contribution in [2.45, 2.75) is 52.3 Å². The Balaban J connectivity index is 0.000000301. The van der Waals surface area contributed by atoms with Gasteiger partial charge in [0.1, 0.15) is 29.6 Å². The molecule has 0 aliphatic carbocycles. The molecule has 0 spiro atoms. The topological polar surface area (TPSA) is 233 Å². The average Bonchev–Trinajstić information content (AvgIpc) is 3.33. The SMILES string of the molecule is C.C.O=C(Nc1ccc(C(F)(F)F)c(F)c1)N1CC=C(c2ncc([C@H](O)CO)cc2Cl)CC1.O=C(Nc1ccc(C(F)(F)F)c(F)c1)Oc1ccc([N+](=O)[O-])cc1.OC[C@@H](O)c1cnc(C2=CCNCC2)c(Cl)c1. The predicted molar refractivity (Wildman–Crippen MR) is 260 cm³/mol. The number of urea groups is 1. The second kappa shape index (κ2) is 27.5. The van der Waals surface area contributed by atoms with Crippen LogP contribution in [-0.4, -0.2) is 91.7 Å². The van der Waals surface area contributed by atoms with Crippen molar-refractivity contribution in [3.63, 3.8) is 0 Å². The molecule has 0 fully saturated rings. The third-order valence-corrected chi connectivity index (χ3v) is 10.9. The van der Waals surface area contributed by atoms with Crippen molar-refractivity contribution in [1.29, 1.82) is 0 Å². The number of alkyl halides is 6. The lowest BCUT2D eigenvalue weighted by Crippen LogP contribution is -2.38. The molecule has 74 heavy (non-hydrogen) atoms. The molecule has 7 rings (SSSR count). The Morgan fingerprint density at radius 3 is 1.64 bits per heavy atom. The third kappa shape index (κ3) is 17.1. The minimum absolute atomic E-state index is 0. The third-order valence-electron chi connectivity index (χ3n) is 10.3. The van der Waals surface area contributed by atoms with Crippen LogP contribution in [0.1, 0.15) is 73.5 Å². The lowest BCUT2D eigenvalue weighted by molar-refractivity contribution is -0.384. The first kappa shape index (κ1) is 61.5. The fourth-order valence-corrected chi connectivity index (χ4v) is 7.19. The number of nitrogens with one attached hydrogen (secondary N) is 3. The van der Waals surface area contributed by atoms with Crippen molar-refractivity contribution >= 4 is 63.5 Å². The van der Waals surface area contributed by atoms with Gasteiger partial charge in [-0.25, -0.2) is 18.4 Å². The second-order valence-corrected chi connectivity index (χ2v) is 16.1. The van der Waals surface area contributed by atoms with E-state index in [0.29, 0.717) is 52.5 Å². The van der Waals surface area contributed by atoms with E-state index in [4.69, 9.17) is 38.2 Å². The largest absolute Gasteiger partial charge is 0.419 e. The number of rotatable bonds is 10. The molecule has 0 saturated heterocycles. The van der Waals surface area contributed by atoms with Crippen molar-refractivity contribution in [2.75, 3.05) is 50.0 Å². The molecule has 2 aromatic heterocycles. The predicted octanol–water partition coefficient (Wildman–Crippen LogP) is 11.0. The average molecular weight is 1090 g/mol. The molecular weight excluding hydrogens is 1040 g/mol. The van der Waals surface area contributed by atoms with E-state index in [2.05, 4.69) is 26.7 Å². The Morgan fingerprint density at radius 2 is 1.24 bits per heavy atom. The number of benzene rings is 3. The molecule has 4 heterocycles. The summed E-state index contributed by atoms with van der Waals surface area (Å²) in [7, 11) is 0. The van der Waals surface area contributed by atoms with Gasteiger partial charge in [0.2, 0.25) is 0 Å². The van der Waals surface area contributed by atoms with Crippen LogP contribution in [0.2, 0.25) is 10.0 Å². The van der Waals surface area contributed by atoms with E-state index in [1.54, 1.807) is 18.3 Å². The highest BCUT2D eigenvalue weighted by Crippen LogP contribution is 2.35. The molecule has 3 aromatic carbocycles. The zero-order chi connectivity index (χ0) is 52.9. The van der Waals surface area contributed by atoms with Crippen molar-refractivity contribution in [2.24, 2.45) is 0 Å². The number of pyridine rings is 2. The van der Waals surface area contributed by atoms with Crippen molar-refractivity contribution in [3.05, 3.63) is 163 Å². The van der Waals surface area contributed by atoms with Gasteiger partial charge in [-0.05, 0) is 91.2 Å². The first-order valence-electron chi connectivity index (χ1n) is 21.0. The molecule has 2 aliphatic heterocycles. The maximum atomic E-state index is 13.7. The zero-order valence-electron chi connectivity index (χ0n) is 36.9. The summed E-state index contributed by atoms with van der Waals surface area (Å²) in [5, 5.41) is 55.9. The highest BCUT2D eigenvalue weighted by Gasteiger charge is 2.35. The summed E-state index contributed by atoms with van der Waals surface area (Å²) in [6.45, 7) is 1.42. The molecule has 0 unspecified atom stereocenters. The number of hydrogen-bond donors (Lipinski definition) is 7. The van der Waals surface area contributed by atoms with Crippen molar-refractivity contribution in [3.8, 4) is 5.75 Å². The van der Waals surface area contributed by atoms with E-state index in [1.165, 1.54) is 17.2 Å². The van der Waals surface area contributed by atoms with Gasteiger partial charge >= 0.3 is 24.5 Å². The molecule has 7 N–H and O–H groups in total. The number of carbonyl (C=O) groups excluding carboxylic acids is 2. The molecule has 0 radical (unpaired) electrons. The van der Waals surface area contributed by atoms with E-state index >= 15 is 0 Å². The number of non-ortho nitro benzene ring substituents is 1. The van der Waals surface area contributed by atoms with Crippen LogP contribution in [0, 0.1) is 21.7 Å². The van der Waals surface area contributed by atoms with Crippen LogP contribution in [0.5, 0.6) is 5.75 Å². The summed E-state index contributed by atoms with van der Waals surface area (Å²) < 4.78 is 107. The zero-order valence-corrected chi connectivity index (χ0v) is 38.5. The quantitative estimate of drug-likeness (QED) is 0.0393. The first-order valence-corrected chi connectivity index (χ1v) is 21.8. The van der Waals surface area contributed by atoms with Crippen LogP contribution in [0.3, 0.4) is 0 Å². The van der Waals surface area contributed by atoms with E-state index < -0.39 is 71.0 Å². The molecule has 0 saturated carbocycles. The van der Waals surface area contributed by atoms with Crippen LogP contribution >= 0.6 is 23.2 Å². The monoisotopic (exact) mass is 1090 g/mol. The van der Waals surface area contributed by atoms with E-state index in [-0.39, 0.29) is 62.4 Å². The molecule has 400 valence electrons. The number of aliphatic hydroxyl groups is 4. The lowest BCUT2D eigenvalue weighted by Gasteiger charge is -2.27. The van der Waals surface area contributed by atoms with E-state index in [9.17, 15) is 65.0 Å². The normalized spacial score (nSPS) is 14.1. The van der Waals surface area contributed by atoms with Crippen LogP contribution in [0.25, 0.3) is 11.1 Å². The molecular formula is C48H49Cl2F8N7O9. The lowest BCUT2D eigenvalue weighted by atomic mass is 10.0. The fourth-order valence-electron chi connectivity index (χ4n) is 6.59. The Hall–Kier alpha value is -6.80. The van der Waals surface area contributed by atoms with Gasteiger partial charge < -0.3 is 40.7 Å². The number of nitro groups is 1. The standard InChI is InChI=1S/C20H18ClF4N3O3.C14H8F4N2O4.C12H15ClN2O2.2CH4/c21-15-7-12(17(30)10-29)9-26-18(15)11-3-5-28(6-4-11)19(31)27-13-1-2-14(16(22)8-13)20(23,24)25;15-12-7-8(1-6-11(12)14(16,17)18)19-13(21)24-10-4-2-9(3-5-10)20(22)23;13-10-5-9(11(17)7-16)6-15-12(10)8-1-3-14-4-2-8;;/h1-3,7-9,17,29-30H,4-6,10H2,(H,27,31);1-7H,(H,19,21);1,5-6,11,14,16-17H,2-4,7H2;2*1H4/t17-;;11-;;/m1.1../s1. The fraction of sp³-hybridized carbons (Fsp3) is 0.292. The number of ether oxygens (including phenoxy) is 1. The number of nitro benzene ring substituents is 1. The number of amides is 3. The Labute approximate surface area is 428 Å². The number of aliphatic hydroxyl groups excluding tert-OH is 4. The van der Waals surface area contributed by atoms with Gasteiger partial charge in [0.15, 0.2) is 0 Å². The van der Waals surface area contributed by atoms with E-state index in [0.717, 1.165) is 72.7 Å². The number of aromatic nitrogens is 2. The van der Waals surface area contributed by atoms with Gasteiger partial charge in [-0.2, -0.15) is 26.3 Å². The number of halogens is 10. The van der Waals surface area contributed by atoms with E-state index in [1.807, 2.05) is 5.32 Å². The summed E-state index contributed by atoms with van der Waals surface area (Å²) in [6.07, 6.45) is -4.70. The maximum absolute atomic E-state index is 13.7. The molecule has 3 amide bonds. The van der Waals surface area contributed by atoms with Gasteiger partial charge in [-0.3, -0.25) is 25.4 Å². The second-order valence-electron chi connectivity index (χ2n) is 15.3. The van der Waals surface area contributed by atoms with Crippen LogP contribution in [0.15, 0.2) is 97.3 Å². The molecule has 26 heteroatoms. The van der Waals surface area contributed by atoms with Gasteiger partial charge in [-0.1, -0.05) is 50.2 Å². The Bertz CT molecular complexity index is 2810. The molecule has 5 aromatic rings. The van der Waals surface area contributed by atoms with Gasteiger partial charge in [0.05, 0.1) is 50.7 Å². The van der Waals surface area contributed by atoms with Gasteiger partial charge in [0, 0.05) is 66.7 Å². The van der Waals surface area contributed by atoms with Crippen molar-refractivity contribution < 1.29 is 74.8 Å². The molecule has 2 aliphatic rings. The summed E-state index contributed by atoms with van der Waals surface area (Å²) in [5.74, 6) is -3.05. The Kier molecular flexibility index (Phi) is 22.8. The molecule has 0 bridgehead atoms. The van der Waals surface area contributed by atoms with Crippen LogP contribution in [-0.2, 0) is 12.4 Å². The first-order chi connectivity index (χ1) is 34.0. The minimum Gasteiger partial charge on any atom is -0.410 e. The van der Waals surface area contributed by atoms with Gasteiger partial charge in [0.25, 0.3) is 5.69 Å². The van der Waals surface area contributed by atoms with Gasteiger partial charge in [-0.15, -0.1) is 0 Å². The van der Waals surface area contributed by atoms with Crippen molar-refractivity contribution in [1.82, 2.24) is 20.2 Å². The Morgan fingerprint density at radius 1 is 0.757 bits per heavy atom. The minimum atomic E-state index is -4.85. The van der Waals surface area contributed by atoms with Crippen LogP contribution < -0.4 is 20.7 Å². The summed E-state index contributed by atoms with van der Waals surface area (Å²) in [4.78, 5) is 43.7. The summed E-state index contributed by atoms with van der Waals surface area (Å²) in [6, 6.07) is 11.1. The number of nitrogens with zero attached hydrogens (tertiary/aromatic N) is 4. The number of anilines is 2. The highest BCUT2D eigenvalue weighted by molar-refractivity contribution is 6.32. The summed E-state index contributed by atoms with van der Waals surface area (Å²) >= 11 is 12.4. The smallest absolute Gasteiger partial charge is 0.410 e. The number of hydrogen-bond acceptors (Lipinski definition) is 12. The molecule has 16 nitrogen and oxygen atoms in total. The summed E-state index contributed by atoms with van der Waals surface area (Å²) in [5.41, 5.74) is 0.650. The highest BCUT2D eigenvalue weighted by atomic mass is 35.5. The molecule has 2 atom stereocenters. The maximum Gasteiger partial charge on any atom is 0.419 e. The number of carbonyl (C=O) groups is 2. The van der Waals surface area contributed by atoms with Crippen LogP contribution in [0.4, 0.5) is 61.8 Å².